The van der Waals surface area contributed by atoms with Crippen molar-refractivity contribution in [2.75, 3.05) is 7.11 Å². The molecule has 0 aliphatic heterocycles. The SMILES string of the molecule is COc1cccc(-c2ccccc2)c1-c1c(F)cccc1-c1nc(-c2ccc(-c3ccccn3)cc2)nc(-n2c3ccccc3c3ccc4c5ccccc5n(-c5ccc(-c6ccccc6)cc5)c4c32)n1. The highest BCUT2D eigenvalue weighted by atomic mass is 19.1. The fraction of sp³-hybridized carbons (Fsp3) is 0.0159. The van der Waals surface area contributed by atoms with Gasteiger partial charge in [0.2, 0.25) is 5.95 Å². The van der Waals surface area contributed by atoms with Gasteiger partial charge in [-0.2, -0.15) is 9.97 Å². The van der Waals surface area contributed by atoms with E-state index in [1.54, 1.807) is 19.4 Å². The Bertz CT molecular complexity index is 4130. The molecule has 0 spiro atoms. The first-order chi connectivity index (χ1) is 35.1. The number of aromatic nitrogens is 6. The lowest BCUT2D eigenvalue weighted by Crippen LogP contribution is -2.08. The average molecular weight is 917 g/mol. The molecule has 13 rings (SSSR count). The molecular formula is C63H41FN6O. The van der Waals surface area contributed by atoms with Crippen LogP contribution in [0.15, 0.2) is 231 Å². The largest absolute Gasteiger partial charge is 0.496 e. The van der Waals surface area contributed by atoms with Crippen LogP contribution in [0.25, 0.3) is 123 Å². The van der Waals surface area contributed by atoms with E-state index in [0.29, 0.717) is 40.0 Å². The van der Waals surface area contributed by atoms with Gasteiger partial charge in [0.15, 0.2) is 11.6 Å². The molecule has 8 heteroatoms. The molecule has 0 aliphatic carbocycles. The highest BCUT2D eigenvalue weighted by Gasteiger charge is 2.26. The Morgan fingerprint density at radius 1 is 0.394 bits per heavy atom. The molecule has 0 aliphatic rings. The molecule has 13 aromatic rings. The van der Waals surface area contributed by atoms with Crippen LogP contribution >= 0.6 is 0 Å². The van der Waals surface area contributed by atoms with E-state index < -0.39 is 5.82 Å². The predicted octanol–water partition coefficient (Wildman–Crippen LogP) is 15.6. The van der Waals surface area contributed by atoms with Crippen LogP contribution in [0.4, 0.5) is 4.39 Å². The Morgan fingerprint density at radius 2 is 0.958 bits per heavy atom. The van der Waals surface area contributed by atoms with Crippen LogP contribution in [0.1, 0.15) is 0 Å². The number of ether oxygens (including phenoxy) is 1. The van der Waals surface area contributed by atoms with Crippen LogP contribution < -0.4 is 4.74 Å². The fourth-order valence-corrected chi connectivity index (χ4v) is 10.2. The minimum absolute atomic E-state index is 0.299. The maximum absolute atomic E-state index is 17.1. The second-order valence-electron chi connectivity index (χ2n) is 17.5. The number of benzene rings is 9. The van der Waals surface area contributed by atoms with E-state index in [2.05, 4.69) is 117 Å². The molecule has 4 aromatic heterocycles. The minimum atomic E-state index is -0.436. The second kappa shape index (κ2) is 17.2. The first kappa shape index (κ1) is 41.6. The topological polar surface area (TPSA) is 70.7 Å². The quantitative estimate of drug-likeness (QED) is 0.144. The fourth-order valence-electron chi connectivity index (χ4n) is 10.2. The van der Waals surface area contributed by atoms with Crippen molar-refractivity contribution < 1.29 is 9.13 Å². The Kier molecular flexibility index (Phi) is 10.1. The molecule has 0 radical (unpaired) electrons. The minimum Gasteiger partial charge on any atom is -0.496 e. The normalized spacial score (nSPS) is 11.5. The van der Waals surface area contributed by atoms with Gasteiger partial charge in [-0.25, -0.2) is 9.37 Å². The van der Waals surface area contributed by atoms with E-state index in [1.165, 1.54) is 6.07 Å². The number of methoxy groups -OCH3 is 1. The van der Waals surface area contributed by atoms with Crippen molar-refractivity contribution in [2.45, 2.75) is 0 Å². The zero-order chi connectivity index (χ0) is 47.4. The number of hydrogen-bond acceptors (Lipinski definition) is 5. The second-order valence-corrected chi connectivity index (χ2v) is 17.5. The van der Waals surface area contributed by atoms with Crippen LogP contribution in [0.2, 0.25) is 0 Å². The van der Waals surface area contributed by atoms with Crippen LogP contribution in [0, 0.1) is 5.82 Å². The standard InChI is InChI=1S/C63H41FN6O/c1-71-56-28-15-22-46(42-18-6-3-7-19-42)58(56)57-51(23-14-24-52(57)64)62-66-61(44-31-29-43(30-32-44)53-25-12-13-39-65-53)67-63(68-62)70-55-27-11-9-21-48(55)50-38-37-49-47-20-8-10-26-54(47)69(59(49)60(50)70)45-35-33-41(34-36-45)40-16-4-2-5-17-40/h2-39H,1H3. The van der Waals surface area contributed by atoms with Crippen molar-refractivity contribution in [3.63, 3.8) is 0 Å². The summed E-state index contributed by atoms with van der Waals surface area (Å²) < 4.78 is 27.7. The smallest absolute Gasteiger partial charge is 0.238 e. The van der Waals surface area contributed by atoms with Crippen LogP contribution in [0.5, 0.6) is 5.75 Å². The zero-order valence-corrected chi connectivity index (χ0v) is 38.4. The Hall–Kier alpha value is -9.53. The van der Waals surface area contributed by atoms with Gasteiger partial charge in [-0.05, 0) is 70.8 Å². The summed E-state index contributed by atoms with van der Waals surface area (Å²) in [6, 6.07) is 75.3. The molecule has 7 nitrogen and oxygen atoms in total. The van der Waals surface area contributed by atoms with Gasteiger partial charge in [0.25, 0.3) is 0 Å². The van der Waals surface area contributed by atoms with Crippen molar-refractivity contribution >= 4 is 43.6 Å². The Balaban J connectivity index is 1.11. The van der Waals surface area contributed by atoms with Gasteiger partial charge in [-0.15, -0.1) is 0 Å². The molecule has 0 saturated heterocycles. The zero-order valence-electron chi connectivity index (χ0n) is 38.4. The highest BCUT2D eigenvalue weighted by Crippen LogP contribution is 2.46. The van der Waals surface area contributed by atoms with Gasteiger partial charge in [0.05, 0.1) is 34.9 Å². The predicted molar refractivity (Wildman–Crippen MR) is 285 cm³/mol. The van der Waals surface area contributed by atoms with Crippen LogP contribution in [-0.2, 0) is 0 Å². The lowest BCUT2D eigenvalue weighted by Gasteiger charge is -2.19. The van der Waals surface area contributed by atoms with Gasteiger partial charge in [-0.1, -0.05) is 176 Å². The molecule has 0 unspecified atom stereocenters. The number of nitrogens with zero attached hydrogens (tertiary/aromatic N) is 6. The summed E-state index contributed by atoms with van der Waals surface area (Å²) in [7, 11) is 1.61. The average Bonchev–Trinajstić information content (AvgIpc) is 3.97. The monoisotopic (exact) mass is 916 g/mol. The molecule has 71 heavy (non-hydrogen) atoms. The first-order valence-electron chi connectivity index (χ1n) is 23.5. The third kappa shape index (κ3) is 7.03. The number of hydrogen-bond donors (Lipinski definition) is 0. The number of pyridine rings is 1. The molecule has 0 amide bonds. The van der Waals surface area contributed by atoms with E-state index >= 15 is 4.39 Å². The van der Waals surface area contributed by atoms with Gasteiger partial charge in [0.1, 0.15) is 11.6 Å². The van der Waals surface area contributed by atoms with Gasteiger partial charge < -0.3 is 9.30 Å². The summed E-state index contributed by atoms with van der Waals surface area (Å²) >= 11 is 0. The van der Waals surface area contributed by atoms with E-state index in [9.17, 15) is 0 Å². The number of halogens is 1. The summed E-state index contributed by atoms with van der Waals surface area (Å²) in [6.45, 7) is 0. The first-order valence-corrected chi connectivity index (χ1v) is 23.5. The summed E-state index contributed by atoms with van der Waals surface area (Å²) in [5, 5.41) is 4.28. The van der Waals surface area contributed by atoms with Gasteiger partial charge in [0, 0.05) is 61.2 Å². The summed E-state index contributed by atoms with van der Waals surface area (Å²) in [6.07, 6.45) is 1.79. The lowest BCUT2D eigenvalue weighted by atomic mass is 9.90. The number of fused-ring (bicyclic) bond motifs is 7. The van der Waals surface area contributed by atoms with E-state index in [1.807, 2.05) is 109 Å². The van der Waals surface area contributed by atoms with E-state index in [-0.39, 0.29) is 0 Å². The molecule has 9 aromatic carbocycles. The van der Waals surface area contributed by atoms with E-state index in [0.717, 1.165) is 88.4 Å². The maximum atomic E-state index is 17.1. The molecule has 0 bridgehead atoms. The number of para-hydroxylation sites is 2. The molecule has 0 N–H and O–H groups in total. The van der Waals surface area contributed by atoms with Gasteiger partial charge in [-0.3, -0.25) is 9.55 Å². The van der Waals surface area contributed by atoms with Crippen LogP contribution in [-0.4, -0.2) is 36.2 Å². The van der Waals surface area contributed by atoms with Crippen molar-refractivity contribution in [3.05, 3.63) is 236 Å². The third-order valence-corrected chi connectivity index (χ3v) is 13.5. The Morgan fingerprint density at radius 3 is 1.65 bits per heavy atom. The highest BCUT2D eigenvalue weighted by molar-refractivity contribution is 6.23. The third-order valence-electron chi connectivity index (χ3n) is 13.5. The Labute approximate surface area is 408 Å². The summed E-state index contributed by atoms with van der Waals surface area (Å²) in [5.41, 5.74) is 12.9. The van der Waals surface area contributed by atoms with Crippen molar-refractivity contribution in [1.29, 1.82) is 0 Å². The van der Waals surface area contributed by atoms with Crippen molar-refractivity contribution in [3.8, 4) is 84.8 Å². The number of rotatable bonds is 9. The summed E-state index contributed by atoms with van der Waals surface area (Å²) in [4.78, 5) is 20.7. The van der Waals surface area contributed by atoms with Crippen molar-refractivity contribution in [2.24, 2.45) is 0 Å². The van der Waals surface area contributed by atoms with Gasteiger partial charge >= 0.3 is 0 Å². The lowest BCUT2D eigenvalue weighted by molar-refractivity contribution is 0.416. The van der Waals surface area contributed by atoms with Crippen LogP contribution in [0.3, 0.4) is 0 Å². The summed E-state index contributed by atoms with van der Waals surface area (Å²) in [5.74, 6) is 1.19. The molecule has 4 heterocycles. The molecule has 336 valence electrons. The van der Waals surface area contributed by atoms with Crippen molar-refractivity contribution in [1.82, 2.24) is 29.1 Å². The molecule has 0 atom stereocenters. The molecular weight excluding hydrogens is 876 g/mol. The maximum Gasteiger partial charge on any atom is 0.238 e. The molecule has 0 saturated carbocycles. The van der Waals surface area contributed by atoms with E-state index in [4.69, 9.17) is 19.7 Å². The molecule has 0 fully saturated rings.